The molecule has 2 rings (SSSR count). The zero-order chi connectivity index (χ0) is 15.2. The van der Waals surface area contributed by atoms with Gasteiger partial charge in [-0.05, 0) is 50.9 Å². The summed E-state index contributed by atoms with van der Waals surface area (Å²) in [4.78, 5) is 13.3. The van der Waals surface area contributed by atoms with Crippen molar-refractivity contribution in [3.05, 3.63) is 32.8 Å². The molecule has 1 N–H and O–H groups in total. The molecule has 1 saturated heterocycles. The fourth-order valence-corrected chi connectivity index (χ4v) is 3.19. The highest BCUT2D eigenvalue weighted by molar-refractivity contribution is 9.10. The van der Waals surface area contributed by atoms with Gasteiger partial charge in [0.1, 0.15) is 5.69 Å². The first-order valence-corrected chi connectivity index (χ1v) is 8.32. The minimum Gasteiger partial charge on any atom is -0.377 e. The summed E-state index contributed by atoms with van der Waals surface area (Å²) in [5.74, 6) is 0. The van der Waals surface area contributed by atoms with Gasteiger partial charge in [-0.3, -0.25) is 10.1 Å². The predicted octanol–water partition coefficient (Wildman–Crippen LogP) is 4.03. The van der Waals surface area contributed by atoms with Crippen molar-refractivity contribution in [2.24, 2.45) is 0 Å². The highest BCUT2D eigenvalue weighted by Gasteiger charge is 2.20. The maximum Gasteiger partial charge on any atom is 0.293 e. The summed E-state index contributed by atoms with van der Waals surface area (Å²) >= 11 is 3.29. The maximum absolute atomic E-state index is 11.2. The Hall–Kier alpha value is -1.14. The van der Waals surface area contributed by atoms with Gasteiger partial charge in [0, 0.05) is 23.1 Å². The molecule has 116 valence electrons. The molecule has 1 aliphatic heterocycles. The Labute approximate surface area is 134 Å². The zero-order valence-electron chi connectivity index (χ0n) is 12.3. The van der Waals surface area contributed by atoms with Gasteiger partial charge in [0.2, 0.25) is 0 Å². The van der Waals surface area contributed by atoms with Crippen LogP contribution in [0.15, 0.2) is 22.7 Å². The van der Waals surface area contributed by atoms with Crippen LogP contribution in [-0.2, 0) is 0 Å². The van der Waals surface area contributed by atoms with Gasteiger partial charge >= 0.3 is 0 Å². The van der Waals surface area contributed by atoms with E-state index in [4.69, 9.17) is 0 Å². The SMILES string of the molecule is CCCN1CCCC(Nc2ccc(Br)cc2[N+](=O)[O-])CC1. The Kier molecular flexibility index (Phi) is 5.99. The summed E-state index contributed by atoms with van der Waals surface area (Å²) in [6, 6.07) is 5.50. The van der Waals surface area contributed by atoms with Gasteiger partial charge in [-0.15, -0.1) is 0 Å². The summed E-state index contributed by atoms with van der Waals surface area (Å²) < 4.78 is 0.731. The normalized spacial score (nSPS) is 20.0. The molecule has 0 radical (unpaired) electrons. The summed E-state index contributed by atoms with van der Waals surface area (Å²) in [7, 11) is 0. The van der Waals surface area contributed by atoms with E-state index in [1.165, 1.54) is 6.42 Å². The number of benzene rings is 1. The van der Waals surface area contributed by atoms with Crippen LogP contribution in [0.4, 0.5) is 11.4 Å². The van der Waals surface area contributed by atoms with Gasteiger partial charge in [-0.1, -0.05) is 22.9 Å². The Morgan fingerprint density at radius 2 is 2.24 bits per heavy atom. The van der Waals surface area contributed by atoms with Crippen molar-refractivity contribution in [3.8, 4) is 0 Å². The fourth-order valence-electron chi connectivity index (χ4n) is 2.84. The molecule has 0 spiro atoms. The lowest BCUT2D eigenvalue weighted by Crippen LogP contribution is -2.27. The molecule has 21 heavy (non-hydrogen) atoms. The average molecular weight is 356 g/mol. The van der Waals surface area contributed by atoms with Crippen molar-refractivity contribution in [1.29, 1.82) is 0 Å². The maximum atomic E-state index is 11.2. The lowest BCUT2D eigenvalue weighted by atomic mass is 10.1. The van der Waals surface area contributed by atoms with Crippen LogP contribution in [0.5, 0.6) is 0 Å². The average Bonchev–Trinajstić information content (AvgIpc) is 2.67. The van der Waals surface area contributed by atoms with Crippen molar-refractivity contribution < 1.29 is 4.92 Å². The number of hydrogen-bond acceptors (Lipinski definition) is 4. The van der Waals surface area contributed by atoms with Gasteiger partial charge in [0.25, 0.3) is 5.69 Å². The minimum atomic E-state index is -0.326. The lowest BCUT2D eigenvalue weighted by Gasteiger charge is -2.20. The molecule has 1 unspecified atom stereocenters. The molecule has 5 nitrogen and oxygen atoms in total. The number of nitrogens with one attached hydrogen (secondary N) is 1. The molecular weight excluding hydrogens is 334 g/mol. The van der Waals surface area contributed by atoms with E-state index in [9.17, 15) is 10.1 Å². The van der Waals surface area contributed by atoms with Crippen molar-refractivity contribution in [1.82, 2.24) is 4.90 Å². The standard InChI is InChI=1S/C15H22BrN3O2/c1-2-8-18-9-3-4-13(7-10-18)17-14-6-5-12(16)11-15(14)19(20)21/h5-6,11,13,17H,2-4,7-10H2,1H3. The van der Waals surface area contributed by atoms with Crippen LogP contribution in [0.2, 0.25) is 0 Å². The Balaban J connectivity index is 2.03. The number of nitro benzene ring substituents is 1. The zero-order valence-corrected chi connectivity index (χ0v) is 13.9. The molecule has 1 aromatic rings. The van der Waals surface area contributed by atoms with Crippen LogP contribution in [0.1, 0.15) is 32.6 Å². The van der Waals surface area contributed by atoms with Crippen LogP contribution in [-0.4, -0.2) is 35.5 Å². The molecule has 6 heteroatoms. The molecule has 0 bridgehead atoms. The van der Waals surface area contributed by atoms with Crippen molar-refractivity contribution in [2.75, 3.05) is 25.0 Å². The van der Waals surface area contributed by atoms with E-state index in [0.717, 1.165) is 43.4 Å². The second-order valence-corrected chi connectivity index (χ2v) is 6.45. The first-order valence-electron chi connectivity index (χ1n) is 7.53. The second kappa shape index (κ2) is 7.75. The fraction of sp³-hybridized carbons (Fsp3) is 0.600. The molecule has 0 aromatic heterocycles. The predicted molar refractivity (Wildman–Crippen MR) is 88.8 cm³/mol. The topological polar surface area (TPSA) is 58.4 Å². The Bertz CT molecular complexity index is 496. The van der Waals surface area contributed by atoms with E-state index < -0.39 is 0 Å². The summed E-state index contributed by atoms with van der Waals surface area (Å²) in [6.07, 6.45) is 4.42. The van der Waals surface area contributed by atoms with E-state index in [-0.39, 0.29) is 10.6 Å². The monoisotopic (exact) mass is 355 g/mol. The van der Waals surface area contributed by atoms with Gasteiger partial charge in [-0.2, -0.15) is 0 Å². The molecule has 0 saturated carbocycles. The summed E-state index contributed by atoms with van der Waals surface area (Å²) in [5, 5.41) is 14.5. The Morgan fingerprint density at radius 3 is 2.95 bits per heavy atom. The van der Waals surface area contributed by atoms with Crippen LogP contribution < -0.4 is 5.32 Å². The molecular formula is C15H22BrN3O2. The van der Waals surface area contributed by atoms with Crippen LogP contribution >= 0.6 is 15.9 Å². The number of nitrogens with zero attached hydrogens (tertiary/aromatic N) is 2. The molecule has 0 amide bonds. The first kappa shape index (κ1) is 16.2. The molecule has 1 aliphatic rings. The van der Waals surface area contributed by atoms with E-state index >= 15 is 0 Å². The Morgan fingerprint density at radius 1 is 1.43 bits per heavy atom. The van der Waals surface area contributed by atoms with E-state index in [2.05, 4.69) is 33.1 Å². The number of halogens is 1. The minimum absolute atomic E-state index is 0.138. The van der Waals surface area contributed by atoms with Crippen LogP contribution in [0.3, 0.4) is 0 Å². The third-order valence-corrected chi connectivity index (χ3v) is 4.37. The largest absolute Gasteiger partial charge is 0.377 e. The smallest absolute Gasteiger partial charge is 0.293 e. The number of nitro groups is 1. The first-order chi connectivity index (χ1) is 10.1. The molecule has 0 aliphatic carbocycles. The van der Waals surface area contributed by atoms with Crippen molar-refractivity contribution in [2.45, 2.75) is 38.6 Å². The van der Waals surface area contributed by atoms with Gasteiger partial charge in [0.15, 0.2) is 0 Å². The molecule has 1 atom stereocenters. The molecule has 1 aromatic carbocycles. The van der Waals surface area contributed by atoms with Crippen molar-refractivity contribution >= 4 is 27.3 Å². The lowest BCUT2D eigenvalue weighted by molar-refractivity contribution is -0.384. The highest BCUT2D eigenvalue weighted by Crippen LogP contribution is 2.29. The van der Waals surface area contributed by atoms with Crippen LogP contribution in [0, 0.1) is 10.1 Å². The molecule has 1 fully saturated rings. The molecule has 1 heterocycles. The van der Waals surface area contributed by atoms with Gasteiger partial charge < -0.3 is 10.2 Å². The quantitative estimate of drug-likeness (QED) is 0.639. The third-order valence-electron chi connectivity index (χ3n) is 3.88. The summed E-state index contributed by atoms with van der Waals surface area (Å²) in [5.41, 5.74) is 0.760. The number of likely N-dealkylation sites (tertiary alicyclic amines) is 1. The van der Waals surface area contributed by atoms with Crippen LogP contribution in [0.25, 0.3) is 0 Å². The van der Waals surface area contributed by atoms with Crippen molar-refractivity contribution in [3.63, 3.8) is 0 Å². The van der Waals surface area contributed by atoms with E-state index in [1.807, 2.05) is 6.07 Å². The van der Waals surface area contributed by atoms with E-state index in [1.54, 1.807) is 12.1 Å². The van der Waals surface area contributed by atoms with E-state index in [0.29, 0.717) is 11.7 Å². The highest BCUT2D eigenvalue weighted by atomic mass is 79.9. The number of rotatable bonds is 5. The van der Waals surface area contributed by atoms with Gasteiger partial charge in [0.05, 0.1) is 4.92 Å². The summed E-state index contributed by atoms with van der Waals surface area (Å²) in [6.45, 7) is 5.54. The third kappa shape index (κ3) is 4.68. The number of hydrogen-bond donors (Lipinski definition) is 1. The number of anilines is 1. The van der Waals surface area contributed by atoms with Gasteiger partial charge in [-0.25, -0.2) is 0 Å². The second-order valence-electron chi connectivity index (χ2n) is 5.53.